The van der Waals surface area contributed by atoms with Gasteiger partial charge in [0.2, 0.25) is 15.9 Å². The van der Waals surface area contributed by atoms with E-state index < -0.39 is 21.8 Å². The molecule has 1 aromatic carbocycles. The third-order valence-electron chi connectivity index (χ3n) is 4.72. The minimum atomic E-state index is -3.63. The van der Waals surface area contributed by atoms with Crippen molar-refractivity contribution in [1.82, 2.24) is 10.2 Å². The van der Waals surface area contributed by atoms with Crippen LogP contribution in [0, 0.1) is 5.92 Å². The van der Waals surface area contributed by atoms with Crippen molar-refractivity contribution in [3.05, 3.63) is 29.8 Å². The summed E-state index contributed by atoms with van der Waals surface area (Å²) in [5.41, 5.74) is 0.699. The van der Waals surface area contributed by atoms with Crippen molar-refractivity contribution < 1.29 is 18.0 Å². The molecule has 8 heteroatoms. The van der Waals surface area contributed by atoms with Gasteiger partial charge in [-0.3, -0.25) is 14.5 Å². The Bertz CT molecular complexity index is 757. The highest BCUT2D eigenvalue weighted by Gasteiger charge is 2.41. The van der Waals surface area contributed by atoms with Crippen LogP contribution in [-0.2, 0) is 14.8 Å². The van der Waals surface area contributed by atoms with Gasteiger partial charge in [-0.1, -0.05) is 20.8 Å². The van der Waals surface area contributed by atoms with E-state index in [9.17, 15) is 18.0 Å². The Hall–Kier alpha value is -1.93. The molecule has 144 valence electrons. The van der Waals surface area contributed by atoms with E-state index in [4.69, 9.17) is 0 Å². The van der Waals surface area contributed by atoms with Gasteiger partial charge in [0.15, 0.2) is 0 Å². The fourth-order valence-corrected chi connectivity index (χ4v) is 4.97. The molecule has 0 aliphatic carbocycles. The summed E-state index contributed by atoms with van der Waals surface area (Å²) >= 11 is 0. The SMILES string of the molecule is CCN(CC)C(C)CNC(=O)c1ccc(N2C(=O)C(C)CS2(=O)=O)cc1. The number of nitrogens with one attached hydrogen (secondary N) is 1. The summed E-state index contributed by atoms with van der Waals surface area (Å²) in [5.74, 6) is -1.39. The van der Waals surface area contributed by atoms with Gasteiger partial charge in [-0.2, -0.15) is 0 Å². The number of rotatable bonds is 7. The van der Waals surface area contributed by atoms with Crippen LogP contribution < -0.4 is 9.62 Å². The van der Waals surface area contributed by atoms with E-state index in [1.807, 2.05) is 0 Å². The van der Waals surface area contributed by atoms with Crippen molar-refractivity contribution in [3.63, 3.8) is 0 Å². The molecule has 1 aliphatic rings. The normalized spacial score (nSPS) is 20.4. The maximum absolute atomic E-state index is 12.3. The van der Waals surface area contributed by atoms with Gasteiger partial charge in [0.1, 0.15) is 0 Å². The second kappa shape index (κ2) is 8.18. The summed E-state index contributed by atoms with van der Waals surface area (Å²) in [6, 6.07) is 6.30. The second-order valence-corrected chi connectivity index (χ2v) is 8.47. The van der Waals surface area contributed by atoms with E-state index in [2.05, 4.69) is 31.0 Å². The van der Waals surface area contributed by atoms with Gasteiger partial charge in [-0.05, 0) is 44.3 Å². The Morgan fingerprint density at radius 3 is 2.31 bits per heavy atom. The largest absolute Gasteiger partial charge is 0.350 e. The standard InChI is InChI=1S/C18H27N3O4S/c1-5-20(6-2)14(4)11-19-17(22)15-7-9-16(10-8-15)21-18(23)13(3)12-26(21,24)25/h7-10,13-14H,5-6,11-12H2,1-4H3,(H,19,22). The predicted octanol–water partition coefficient (Wildman–Crippen LogP) is 1.46. The minimum Gasteiger partial charge on any atom is -0.350 e. The minimum absolute atomic E-state index is 0.183. The molecule has 2 amide bonds. The monoisotopic (exact) mass is 381 g/mol. The summed E-state index contributed by atoms with van der Waals surface area (Å²) in [7, 11) is -3.63. The van der Waals surface area contributed by atoms with Crippen molar-refractivity contribution in [2.45, 2.75) is 33.7 Å². The lowest BCUT2D eigenvalue weighted by molar-refractivity contribution is -0.119. The molecule has 1 N–H and O–H groups in total. The molecule has 1 aliphatic heterocycles. The molecule has 2 unspecified atom stereocenters. The zero-order valence-electron chi connectivity index (χ0n) is 15.7. The summed E-state index contributed by atoms with van der Waals surface area (Å²) in [6.07, 6.45) is 0. The van der Waals surface area contributed by atoms with Gasteiger partial charge in [0.05, 0.1) is 17.4 Å². The van der Waals surface area contributed by atoms with Crippen LogP contribution in [0.3, 0.4) is 0 Å². The van der Waals surface area contributed by atoms with Gasteiger partial charge in [-0.25, -0.2) is 12.7 Å². The number of likely N-dealkylation sites (N-methyl/N-ethyl adjacent to an activating group) is 1. The van der Waals surface area contributed by atoms with Crippen molar-refractivity contribution in [2.75, 3.05) is 29.7 Å². The summed E-state index contributed by atoms with van der Waals surface area (Å²) in [4.78, 5) is 26.6. The van der Waals surface area contributed by atoms with E-state index >= 15 is 0 Å². The fraction of sp³-hybridized carbons (Fsp3) is 0.556. The quantitative estimate of drug-likeness (QED) is 0.773. The van der Waals surface area contributed by atoms with Crippen LogP contribution in [-0.4, -0.2) is 56.6 Å². The number of anilines is 1. The molecule has 2 rings (SSSR count). The van der Waals surface area contributed by atoms with Crippen molar-refractivity contribution in [3.8, 4) is 0 Å². The maximum atomic E-state index is 12.3. The lowest BCUT2D eigenvalue weighted by atomic mass is 10.1. The number of nitrogens with zero attached hydrogens (tertiary/aromatic N) is 2. The first-order chi connectivity index (χ1) is 12.2. The topological polar surface area (TPSA) is 86.8 Å². The van der Waals surface area contributed by atoms with Gasteiger partial charge < -0.3 is 5.32 Å². The first-order valence-electron chi connectivity index (χ1n) is 8.90. The highest BCUT2D eigenvalue weighted by Crippen LogP contribution is 2.28. The Labute approximate surface area is 155 Å². The molecule has 1 saturated heterocycles. The smallest absolute Gasteiger partial charge is 0.251 e. The van der Waals surface area contributed by atoms with Crippen molar-refractivity contribution >= 4 is 27.5 Å². The molecule has 1 fully saturated rings. The number of amides is 2. The Morgan fingerprint density at radius 1 is 1.27 bits per heavy atom. The third kappa shape index (κ3) is 4.24. The maximum Gasteiger partial charge on any atom is 0.251 e. The Kier molecular flexibility index (Phi) is 6.41. The zero-order chi connectivity index (χ0) is 19.5. The first kappa shape index (κ1) is 20.4. The van der Waals surface area contributed by atoms with Crippen LogP contribution in [0.25, 0.3) is 0 Å². The molecule has 0 saturated carbocycles. The van der Waals surface area contributed by atoms with E-state index in [1.165, 1.54) is 12.1 Å². The summed E-state index contributed by atoms with van der Waals surface area (Å²) < 4.78 is 25.1. The average molecular weight is 381 g/mol. The number of hydrogen-bond donors (Lipinski definition) is 1. The molecule has 2 atom stereocenters. The molecule has 0 radical (unpaired) electrons. The first-order valence-corrected chi connectivity index (χ1v) is 10.5. The molecule has 7 nitrogen and oxygen atoms in total. The molecule has 26 heavy (non-hydrogen) atoms. The second-order valence-electron chi connectivity index (χ2n) is 6.61. The lowest BCUT2D eigenvalue weighted by Crippen LogP contribution is -2.42. The van der Waals surface area contributed by atoms with Crippen LogP contribution >= 0.6 is 0 Å². The van der Waals surface area contributed by atoms with Gasteiger partial charge in [0.25, 0.3) is 5.91 Å². The number of carbonyl (C=O) groups excluding carboxylic acids is 2. The van der Waals surface area contributed by atoms with Crippen LogP contribution in [0.2, 0.25) is 0 Å². The number of benzene rings is 1. The van der Waals surface area contributed by atoms with E-state index in [1.54, 1.807) is 19.1 Å². The van der Waals surface area contributed by atoms with Crippen LogP contribution in [0.1, 0.15) is 38.1 Å². The number of sulfonamides is 1. The predicted molar refractivity (Wildman–Crippen MR) is 102 cm³/mol. The van der Waals surface area contributed by atoms with E-state index in [0.717, 1.165) is 17.4 Å². The molecule has 0 bridgehead atoms. The van der Waals surface area contributed by atoms with Gasteiger partial charge >= 0.3 is 0 Å². The Balaban J connectivity index is 2.05. The Morgan fingerprint density at radius 2 is 1.85 bits per heavy atom. The molecular weight excluding hydrogens is 354 g/mol. The van der Waals surface area contributed by atoms with Crippen LogP contribution in [0.15, 0.2) is 24.3 Å². The highest BCUT2D eigenvalue weighted by molar-refractivity contribution is 7.94. The molecule has 0 spiro atoms. The number of hydrogen-bond acceptors (Lipinski definition) is 5. The fourth-order valence-electron chi connectivity index (χ4n) is 3.15. The summed E-state index contributed by atoms with van der Waals surface area (Å²) in [6.45, 7) is 10.2. The van der Waals surface area contributed by atoms with Gasteiger partial charge in [0, 0.05) is 18.2 Å². The van der Waals surface area contributed by atoms with E-state index in [0.29, 0.717) is 12.1 Å². The van der Waals surface area contributed by atoms with Crippen LogP contribution in [0.4, 0.5) is 5.69 Å². The summed E-state index contributed by atoms with van der Waals surface area (Å²) in [5, 5.41) is 2.89. The highest BCUT2D eigenvalue weighted by atomic mass is 32.2. The van der Waals surface area contributed by atoms with E-state index in [-0.39, 0.29) is 23.4 Å². The molecule has 1 aromatic rings. The zero-order valence-corrected chi connectivity index (χ0v) is 16.5. The molecule has 0 aromatic heterocycles. The number of carbonyl (C=O) groups is 2. The van der Waals surface area contributed by atoms with Gasteiger partial charge in [-0.15, -0.1) is 0 Å². The molecule has 1 heterocycles. The average Bonchev–Trinajstić information content (AvgIpc) is 2.81. The third-order valence-corrected chi connectivity index (χ3v) is 6.59. The van der Waals surface area contributed by atoms with Crippen molar-refractivity contribution in [2.24, 2.45) is 5.92 Å². The van der Waals surface area contributed by atoms with Crippen molar-refractivity contribution in [1.29, 1.82) is 0 Å². The molecular formula is C18H27N3O4S. The lowest BCUT2D eigenvalue weighted by Gasteiger charge is -2.26. The van der Waals surface area contributed by atoms with Crippen LogP contribution in [0.5, 0.6) is 0 Å².